The van der Waals surface area contributed by atoms with Crippen molar-refractivity contribution in [3.63, 3.8) is 0 Å². The summed E-state index contributed by atoms with van der Waals surface area (Å²) in [5.41, 5.74) is 0.618. The van der Waals surface area contributed by atoms with Crippen LogP contribution < -0.4 is 0 Å². The minimum absolute atomic E-state index is 0.618. The third-order valence-corrected chi connectivity index (χ3v) is 2.55. The summed E-state index contributed by atoms with van der Waals surface area (Å²) in [4.78, 5) is 0. The van der Waals surface area contributed by atoms with Gasteiger partial charge in [-0.05, 0) is 0 Å². The molecule has 36 valence electrons. The number of hydrogen-bond acceptors (Lipinski definition) is 2. The predicted molar refractivity (Wildman–Crippen MR) is 24.6 cm³/mol. The molecule has 1 unspecified atom stereocenters. The van der Waals surface area contributed by atoms with Gasteiger partial charge in [-0.3, -0.25) is 4.57 Å². The lowest BCUT2D eigenvalue weighted by molar-refractivity contribution is 0.540. The van der Waals surface area contributed by atoms with Gasteiger partial charge >= 0.3 is 0 Å². The summed E-state index contributed by atoms with van der Waals surface area (Å²) in [7, 11) is -2.32. The lowest BCUT2D eigenvalue weighted by Gasteiger charge is -1.78. The van der Waals surface area contributed by atoms with E-state index in [1.54, 1.807) is 12.2 Å². The van der Waals surface area contributed by atoms with Gasteiger partial charge in [0.15, 0.2) is 0 Å². The first-order chi connectivity index (χ1) is 3.31. The maximum Gasteiger partial charge on any atom is 0.232 e. The molecule has 1 fully saturated rings. The average Bonchev–Trinajstić information content (AvgIpc) is 2.09. The van der Waals surface area contributed by atoms with Crippen LogP contribution in [0.15, 0.2) is 17.7 Å². The fourth-order valence-electron chi connectivity index (χ4n) is 0.537. The van der Waals surface area contributed by atoms with Gasteiger partial charge in [0.1, 0.15) is 5.50 Å². The fraction of sp³-hybridized carbons (Fsp3) is 0. The van der Waals surface area contributed by atoms with E-state index in [0.717, 1.165) is 0 Å². The summed E-state index contributed by atoms with van der Waals surface area (Å²) >= 11 is 0. The first kappa shape index (κ1) is 3.50. The lowest BCUT2D eigenvalue weighted by atomic mass is 10.6. The largest absolute Gasteiger partial charge is 0.462 e. The second kappa shape index (κ2) is 0.716. The Morgan fingerprint density at radius 1 is 1.86 bits per heavy atom. The van der Waals surface area contributed by atoms with Crippen LogP contribution >= 0.6 is 7.37 Å². The minimum Gasteiger partial charge on any atom is -0.462 e. The maximum absolute atomic E-state index is 10.7. The third-order valence-electron chi connectivity index (χ3n) is 0.950. The molecule has 0 N–H and O–H groups in total. The van der Waals surface area contributed by atoms with E-state index >= 15 is 0 Å². The first-order valence-electron chi connectivity index (χ1n) is 1.93. The average molecular weight is 113 g/mol. The zero-order chi connectivity index (χ0) is 4.91. The summed E-state index contributed by atoms with van der Waals surface area (Å²) in [5.74, 6) is 2.59. The summed E-state index contributed by atoms with van der Waals surface area (Å²) in [5, 5.41) is 0. The van der Waals surface area contributed by atoms with Crippen molar-refractivity contribution in [2.45, 2.75) is 0 Å². The molecule has 2 rings (SSSR count). The van der Waals surface area contributed by atoms with Crippen molar-refractivity contribution in [2.75, 3.05) is 0 Å². The summed E-state index contributed by atoms with van der Waals surface area (Å²) in [6.07, 6.45) is 3.32. The van der Waals surface area contributed by atoms with Crippen molar-refractivity contribution in [1.82, 2.24) is 0 Å². The van der Waals surface area contributed by atoms with Gasteiger partial charge in [-0.15, -0.1) is 0 Å². The molecule has 0 aromatic carbocycles. The summed E-state index contributed by atoms with van der Waals surface area (Å²) in [6.45, 7) is 0. The Kier molecular flexibility index (Phi) is 0.359. The van der Waals surface area contributed by atoms with E-state index in [1.807, 2.05) is 0 Å². The Morgan fingerprint density at radius 2 is 2.71 bits per heavy atom. The number of hydrogen-bond donors (Lipinski definition) is 0. The van der Waals surface area contributed by atoms with Crippen molar-refractivity contribution >= 4 is 7.37 Å². The van der Waals surface area contributed by atoms with E-state index in [9.17, 15) is 4.57 Å². The molecule has 1 saturated heterocycles. The standard InChI is InChI=1S/C4H2O2P/c5-7-3-1-2-4(7)6-7/h1-2H/q-1. The highest BCUT2D eigenvalue weighted by Crippen LogP contribution is 2.76. The van der Waals surface area contributed by atoms with Gasteiger partial charge in [0, 0.05) is 0 Å². The van der Waals surface area contributed by atoms with Crippen molar-refractivity contribution < 1.29 is 9.09 Å². The predicted octanol–water partition coefficient (Wildman–Crippen LogP) is 1.47. The van der Waals surface area contributed by atoms with Crippen LogP contribution in [-0.4, -0.2) is 0 Å². The van der Waals surface area contributed by atoms with Crippen molar-refractivity contribution in [2.24, 2.45) is 0 Å². The maximum atomic E-state index is 10.7. The van der Waals surface area contributed by atoms with Gasteiger partial charge in [0.25, 0.3) is 0 Å². The van der Waals surface area contributed by atoms with Gasteiger partial charge in [0.05, 0.1) is 0 Å². The van der Waals surface area contributed by atoms with Crippen molar-refractivity contribution in [3.05, 3.63) is 23.5 Å². The molecule has 3 heteroatoms. The molecule has 0 amide bonds. The molecule has 2 aliphatic rings. The number of fused-ring (bicyclic) bond motifs is 1. The molecule has 1 atom stereocenters. The molecule has 0 aliphatic carbocycles. The zero-order valence-electron chi connectivity index (χ0n) is 3.42. The normalized spacial score (nSPS) is 42.0. The zero-order valence-corrected chi connectivity index (χ0v) is 4.31. The van der Waals surface area contributed by atoms with Crippen LogP contribution in [0.4, 0.5) is 0 Å². The SMILES string of the molecule is O=P12[C-]=CC=C1O2. The van der Waals surface area contributed by atoms with Crippen LogP contribution in [0.3, 0.4) is 0 Å². The van der Waals surface area contributed by atoms with Crippen LogP contribution in [0.2, 0.25) is 0 Å². The summed E-state index contributed by atoms with van der Waals surface area (Å²) < 4.78 is 15.3. The van der Waals surface area contributed by atoms with Gasteiger partial charge in [-0.1, -0.05) is 0 Å². The molecule has 2 aliphatic heterocycles. The van der Waals surface area contributed by atoms with Crippen LogP contribution in [0.5, 0.6) is 0 Å². The molecule has 7 heavy (non-hydrogen) atoms. The Balaban J connectivity index is 2.71. The molecule has 0 aromatic rings. The van der Waals surface area contributed by atoms with E-state index in [-0.39, 0.29) is 0 Å². The van der Waals surface area contributed by atoms with E-state index in [1.165, 1.54) is 0 Å². The molecule has 0 spiro atoms. The third kappa shape index (κ3) is 0.282. The summed E-state index contributed by atoms with van der Waals surface area (Å²) in [6, 6.07) is 0. The van der Waals surface area contributed by atoms with Crippen LogP contribution in [-0.2, 0) is 9.09 Å². The van der Waals surface area contributed by atoms with E-state index in [2.05, 4.69) is 10.3 Å². The number of rotatable bonds is 0. The highest BCUT2D eigenvalue weighted by atomic mass is 31.2. The van der Waals surface area contributed by atoms with Crippen molar-refractivity contribution in [1.29, 1.82) is 0 Å². The fourth-order valence-corrected chi connectivity index (χ4v) is 1.76. The monoisotopic (exact) mass is 113 g/mol. The van der Waals surface area contributed by atoms with E-state index in [4.69, 9.17) is 0 Å². The highest BCUT2D eigenvalue weighted by molar-refractivity contribution is 7.71. The van der Waals surface area contributed by atoms with E-state index < -0.39 is 7.37 Å². The van der Waals surface area contributed by atoms with Gasteiger partial charge in [-0.25, -0.2) is 6.08 Å². The quantitative estimate of drug-likeness (QED) is 0.270. The Labute approximate surface area is 40.9 Å². The van der Waals surface area contributed by atoms with Crippen molar-refractivity contribution in [3.8, 4) is 0 Å². The van der Waals surface area contributed by atoms with Crippen LogP contribution in [0, 0.1) is 5.82 Å². The van der Waals surface area contributed by atoms with Gasteiger partial charge in [0.2, 0.25) is 7.37 Å². The molecule has 0 aromatic heterocycles. The molecule has 0 radical (unpaired) electrons. The minimum atomic E-state index is -2.32. The Morgan fingerprint density at radius 3 is 2.86 bits per heavy atom. The number of allylic oxidation sites excluding steroid dienone is 2. The molecule has 2 nitrogen and oxygen atoms in total. The molecule has 2 heterocycles. The van der Waals surface area contributed by atoms with Crippen LogP contribution in [0.25, 0.3) is 0 Å². The molecular formula is C4H2O2P-. The second-order valence-electron chi connectivity index (χ2n) is 1.44. The smallest absolute Gasteiger partial charge is 0.232 e. The van der Waals surface area contributed by atoms with E-state index in [0.29, 0.717) is 5.50 Å². The molecular weight excluding hydrogens is 111 g/mol. The molecule has 0 bridgehead atoms. The first-order valence-corrected chi connectivity index (χ1v) is 3.55. The second-order valence-corrected chi connectivity index (χ2v) is 3.43. The highest BCUT2D eigenvalue weighted by Gasteiger charge is 2.37. The van der Waals surface area contributed by atoms with Gasteiger partial charge in [-0.2, -0.15) is 11.9 Å². The van der Waals surface area contributed by atoms with Gasteiger partial charge < -0.3 is 4.52 Å². The Bertz CT molecular complexity index is 214. The Hall–Kier alpha value is -0.490. The lowest BCUT2D eigenvalue weighted by Crippen LogP contribution is -1.41. The molecule has 0 saturated carbocycles. The van der Waals surface area contributed by atoms with Crippen LogP contribution in [0.1, 0.15) is 0 Å². The topological polar surface area (TPSA) is 29.6 Å².